The molecule has 1 aromatic heterocycles. The van der Waals surface area contributed by atoms with Gasteiger partial charge in [-0.15, -0.1) is 0 Å². The Morgan fingerprint density at radius 1 is 1.23 bits per heavy atom. The van der Waals surface area contributed by atoms with Crippen molar-refractivity contribution in [3.8, 4) is 11.5 Å². The number of benzene rings is 2. The zero-order chi connectivity index (χ0) is 21.8. The summed E-state index contributed by atoms with van der Waals surface area (Å²) in [6, 6.07) is 12.3. The molecule has 1 atom stereocenters. The first-order valence-corrected chi connectivity index (χ1v) is 10.5. The second-order valence-electron chi connectivity index (χ2n) is 6.78. The lowest BCUT2D eigenvalue weighted by Gasteiger charge is -2.24. The summed E-state index contributed by atoms with van der Waals surface area (Å²) in [6.07, 6.45) is 1.64. The number of rotatable bonds is 7. The molecule has 9 nitrogen and oxygen atoms in total. The first-order chi connectivity index (χ1) is 15.0. The van der Waals surface area contributed by atoms with Crippen LogP contribution in [0.15, 0.2) is 53.3 Å². The van der Waals surface area contributed by atoms with Crippen molar-refractivity contribution in [2.24, 2.45) is 0 Å². The van der Waals surface area contributed by atoms with Crippen LogP contribution in [0.3, 0.4) is 0 Å². The van der Waals surface area contributed by atoms with Gasteiger partial charge in [-0.1, -0.05) is 22.0 Å². The summed E-state index contributed by atoms with van der Waals surface area (Å²) in [6.45, 7) is 2.11. The van der Waals surface area contributed by atoms with Crippen molar-refractivity contribution in [1.29, 1.82) is 0 Å². The molecule has 0 bridgehead atoms. The fourth-order valence-corrected chi connectivity index (χ4v) is 3.52. The number of hydrogen-bond acceptors (Lipinski definition) is 6. The normalized spacial score (nSPS) is 15.0. The van der Waals surface area contributed by atoms with Gasteiger partial charge in [-0.3, -0.25) is 14.9 Å². The Labute approximate surface area is 186 Å². The fourth-order valence-electron chi connectivity index (χ4n) is 3.26. The van der Waals surface area contributed by atoms with Crippen molar-refractivity contribution < 1.29 is 19.1 Å². The summed E-state index contributed by atoms with van der Waals surface area (Å²) < 4.78 is 14.0. The van der Waals surface area contributed by atoms with Crippen LogP contribution in [0.1, 0.15) is 24.9 Å². The molecule has 2 heterocycles. The Balaban J connectivity index is 1.48. The van der Waals surface area contributed by atoms with Gasteiger partial charge in [-0.05, 0) is 48.9 Å². The van der Waals surface area contributed by atoms with E-state index in [4.69, 9.17) is 9.47 Å². The Morgan fingerprint density at radius 3 is 2.81 bits per heavy atom. The number of carbonyl (C=O) groups is 2. The Hall–Kier alpha value is -3.40. The number of halogens is 1. The number of hydrogen-bond donors (Lipinski definition) is 2. The van der Waals surface area contributed by atoms with Crippen molar-refractivity contribution in [2.45, 2.75) is 19.4 Å². The van der Waals surface area contributed by atoms with Crippen LogP contribution in [0.25, 0.3) is 0 Å². The van der Waals surface area contributed by atoms with E-state index in [2.05, 4.69) is 36.6 Å². The minimum absolute atomic E-state index is 0.131. The molecule has 2 N–H and O–H groups in total. The monoisotopic (exact) mass is 485 g/mol. The lowest BCUT2D eigenvalue weighted by Crippen LogP contribution is -2.29. The van der Waals surface area contributed by atoms with Gasteiger partial charge in [0.15, 0.2) is 18.1 Å². The standard InChI is InChI=1S/C21H20BrN5O4/c1-2-30-18-9-13(16-10-19(28)26-21-23-12-24-27(16)21)3-8-17(18)31-11-20(29)25-15-6-4-14(22)5-7-15/h3-9,12,16H,2,10-11H2,1H3,(H,25,29)(H,23,24,26,28)/t16-/m0/s1. The van der Waals surface area contributed by atoms with E-state index in [0.29, 0.717) is 29.7 Å². The van der Waals surface area contributed by atoms with E-state index in [0.717, 1.165) is 10.0 Å². The molecule has 0 unspecified atom stereocenters. The molecule has 2 aromatic carbocycles. The van der Waals surface area contributed by atoms with Gasteiger partial charge in [0, 0.05) is 10.2 Å². The van der Waals surface area contributed by atoms with Crippen LogP contribution in [-0.2, 0) is 9.59 Å². The molecule has 3 aromatic rings. The van der Waals surface area contributed by atoms with Crippen LogP contribution in [0, 0.1) is 0 Å². The molecule has 0 fully saturated rings. The quantitative estimate of drug-likeness (QED) is 0.530. The number of carbonyl (C=O) groups excluding carboxylic acids is 2. The zero-order valence-electron chi connectivity index (χ0n) is 16.7. The molecule has 1 aliphatic rings. The maximum Gasteiger partial charge on any atom is 0.262 e. The van der Waals surface area contributed by atoms with Gasteiger partial charge in [-0.2, -0.15) is 10.1 Å². The highest BCUT2D eigenvalue weighted by atomic mass is 79.9. The molecule has 0 radical (unpaired) electrons. The lowest BCUT2D eigenvalue weighted by molar-refractivity contribution is -0.118. The van der Waals surface area contributed by atoms with Crippen molar-refractivity contribution >= 4 is 39.4 Å². The largest absolute Gasteiger partial charge is 0.490 e. The number of anilines is 2. The van der Waals surface area contributed by atoms with Crippen LogP contribution in [0.4, 0.5) is 11.6 Å². The van der Waals surface area contributed by atoms with Crippen LogP contribution >= 0.6 is 15.9 Å². The molecule has 10 heteroatoms. The van der Waals surface area contributed by atoms with Crippen molar-refractivity contribution in [1.82, 2.24) is 14.8 Å². The van der Waals surface area contributed by atoms with Gasteiger partial charge in [0.25, 0.3) is 5.91 Å². The highest BCUT2D eigenvalue weighted by Crippen LogP contribution is 2.35. The molecular weight excluding hydrogens is 466 g/mol. The SMILES string of the molecule is CCOc1cc([C@@H]2CC(=O)Nc3ncnn32)ccc1OCC(=O)Nc1ccc(Br)cc1. The van der Waals surface area contributed by atoms with E-state index >= 15 is 0 Å². The molecule has 4 rings (SSSR count). The van der Waals surface area contributed by atoms with Crippen molar-refractivity contribution in [2.75, 3.05) is 23.8 Å². The predicted molar refractivity (Wildman–Crippen MR) is 117 cm³/mol. The average Bonchev–Trinajstić information content (AvgIpc) is 3.22. The third-order valence-electron chi connectivity index (χ3n) is 4.64. The van der Waals surface area contributed by atoms with Crippen LogP contribution in [-0.4, -0.2) is 39.8 Å². The third kappa shape index (κ3) is 4.85. The van der Waals surface area contributed by atoms with E-state index in [-0.39, 0.29) is 30.9 Å². The van der Waals surface area contributed by atoms with Gasteiger partial charge in [0.05, 0.1) is 19.1 Å². The minimum Gasteiger partial charge on any atom is -0.490 e. The summed E-state index contributed by atoms with van der Waals surface area (Å²) >= 11 is 3.36. The maximum absolute atomic E-state index is 12.2. The Morgan fingerprint density at radius 2 is 2.03 bits per heavy atom. The number of nitrogens with zero attached hydrogens (tertiary/aromatic N) is 3. The van der Waals surface area contributed by atoms with Crippen LogP contribution in [0.2, 0.25) is 0 Å². The first-order valence-electron chi connectivity index (χ1n) is 9.68. The molecule has 31 heavy (non-hydrogen) atoms. The highest BCUT2D eigenvalue weighted by Gasteiger charge is 2.28. The van der Waals surface area contributed by atoms with E-state index in [1.807, 2.05) is 25.1 Å². The molecule has 0 aliphatic carbocycles. The maximum atomic E-state index is 12.2. The fraction of sp³-hybridized carbons (Fsp3) is 0.238. The molecule has 0 saturated carbocycles. The first kappa shape index (κ1) is 20.9. The molecular formula is C21H20BrN5O4. The number of ether oxygens (including phenoxy) is 2. The van der Waals surface area contributed by atoms with Gasteiger partial charge in [-0.25, -0.2) is 4.68 Å². The number of aromatic nitrogens is 3. The zero-order valence-corrected chi connectivity index (χ0v) is 18.3. The molecule has 1 aliphatic heterocycles. The van der Waals surface area contributed by atoms with E-state index < -0.39 is 0 Å². The molecule has 160 valence electrons. The smallest absolute Gasteiger partial charge is 0.262 e. The number of amides is 2. The third-order valence-corrected chi connectivity index (χ3v) is 5.17. The second kappa shape index (κ2) is 9.17. The van der Waals surface area contributed by atoms with E-state index in [9.17, 15) is 9.59 Å². The van der Waals surface area contributed by atoms with Crippen LogP contribution < -0.4 is 20.1 Å². The van der Waals surface area contributed by atoms with Gasteiger partial charge in [0.1, 0.15) is 6.33 Å². The van der Waals surface area contributed by atoms with E-state index in [1.54, 1.807) is 28.9 Å². The van der Waals surface area contributed by atoms with Crippen molar-refractivity contribution in [3.05, 3.63) is 58.8 Å². The summed E-state index contributed by atoms with van der Waals surface area (Å²) in [7, 11) is 0. The number of fused-ring (bicyclic) bond motifs is 1. The molecule has 0 saturated heterocycles. The Bertz CT molecular complexity index is 1100. The van der Waals surface area contributed by atoms with Crippen LogP contribution in [0.5, 0.6) is 11.5 Å². The summed E-state index contributed by atoms with van der Waals surface area (Å²) in [4.78, 5) is 28.3. The number of nitrogens with one attached hydrogen (secondary N) is 2. The van der Waals surface area contributed by atoms with Crippen molar-refractivity contribution in [3.63, 3.8) is 0 Å². The second-order valence-corrected chi connectivity index (χ2v) is 7.69. The highest BCUT2D eigenvalue weighted by molar-refractivity contribution is 9.10. The summed E-state index contributed by atoms with van der Waals surface area (Å²) in [5, 5.41) is 9.69. The van der Waals surface area contributed by atoms with Gasteiger partial charge in [0.2, 0.25) is 11.9 Å². The van der Waals surface area contributed by atoms with Gasteiger partial charge < -0.3 is 14.8 Å². The topological polar surface area (TPSA) is 107 Å². The predicted octanol–water partition coefficient (Wildman–Crippen LogP) is 3.39. The molecule has 2 amide bonds. The minimum atomic E-state index is -0.305. The van der Waals surface area contributed by atoms with Gasteiger partial charge >= 0.3 is 0 Å². The van der Waals surface area contributed by atoms with E-state index in [1.165, 1.54) is 6.33 Å². The molecule has 0 spiro atoms. The average molecular weight is 486 g/mol. The summed E-state index contributed by atoms with van der Waals surface area (Å²) in [5.74, 6) is 0.919. The Kier molecular flexibility index (Phi) is 6.17. The summed E-state index contributed by atoms with van der Waals surface area (Å²) in [5.41, 5.74) is 1.51. The lowest BCUT2D eigenvalue weighted by atomic mass is 10.0.